The van der Waals surface area contributed by atoms with Crippen molar-refractivity contribution < 1.29 is 22.7 Å². The zero-order valence-corrected chi connectivity index (χ0v) is 18.1. The van der Waals surface area contributed by atoms with E-state index >= 15 is 0 Å². The highest BCUT2D eigenvalue weighted by molar-refractivity contribution is 7.92. The molecule has 3 aromatic carbocycles. The number of sulfonamides is 1. The van der Waals surface area contributed by atoms with Crippen LogP contribution in [0, 0.1) is 0 Å². The highest BCUT2D eigenvalue weighted by atomic mass is 32.2. The predicted octanol–water partition coefficient (Wildman–Crippen LogP) is 4.29. The smallest absolute Gasteiger partial charge is 0.265 e. The third-order valence-corrected chi connectivity index (χ3v) is 5.85. The van der Waals surface area contributed by atoms with Gasteiger partial charge in [-0.3, -0.25) is 9.52 Å². The van der Waals surface area contributed by atoms with Gasteiger partial charge in [0.25, 0.3) is 15.9 Å². The Labute approximate surface area is 182 Å². The van der Waals surface area contributed by atoms with Gasteiger partial charge in [-0.15, -0.1) is 0 Å². The molecule has 0 aliphatic rings. The molecule has 2 N–H and O–H groups in total. The normalized spacial score (nSPS) is 11.9. The van der Waals surface area contributed by atoms with Gasteiger partial charge < -0.3 is 14.8 Å². The number of nitrogens with one attached hydrogen (secondary N) is 2. The molecular weight excluding hydrogens is 416 g/mol. The SMILES string of the molecule is CC[C@@H](Oc1ccccc1)C(=O)Nc1ccc(S(=O)(=O)Nc2ccccc2OC)cc1. The van der Waals surface area contributed by atoms with Crippen LogP contribution in [0.3, 0.4) is 0 Å². The van der Waals surface area contributed by atoms with Gasteiger partial charge in [-0.25, -0.2) is 8.42 Å². The standard InChI is InChI=1S/C23H24N2O5S/c1-3-21(30-18-9-5-4-6-10-18)23(26)24-17-13-15-19(16-14-17)31(27,28)25-20-11-7-8-12-22(20)29-2/h4-16,21,25H,3H2,1-2H3,(H,24,26)/t21-/m1/s1. The van der Waals surface area contributed by atoms with E-state index in [1.165, 1.54) is 31.4 Å². The van der Waals surface area contributed by atoms with Crippen molar-refractivity contribution in [2.75, 3.05) is 17.1 Å². The Kier molecular flexibility index (Phi) is 7.15. The Bertz CT molecular complexity index is 1120. The molecule has 0 saturated heterocycles. The van der Waals surface area contributed by atoms with Gasteiger partial charge >= 0.3 is 0 Å². The second-order valence-corrected chi connectivity index (χ2v) is 8.33. The molecule has 8 heteroatoms. The lowest BCUT2D eigenvalue weighted by Gasteiger charge is -2.17. The summed E-state index contributed by atoms with van der Waals surface area (Å²) >= 11 is 0. The van der Waals surface area contributed by atoms with E-state index in [1.807, 2.05) is 25.1 Å². The fraction of sp³-hybridized carbons (Fsp3) is 0.174. The molecule has 0 spiro atoms. The number of ether oxygens (including phenoxy) is 2. The predicted molar refractivity (Wildman–Crippen MR) is 120 cm³/mol. The van der Waals surface area contributed by atoms with Crippen molar-refractivity contribution in [3.63, 3.8) is 0 Å². The van der Waals surface area contributed by atoms with E-state index in [4.69, 9.17) is 9.47 Å². The van der Waals surface area contributed by atoms with Crippen LogP contribution >= 0.6 is 0 Å². The van der Waals surface area contributed by atoms with Crippen molar-refractivity contribution in [1.29, 1.82) is 0 Å². The number of para-hydroxylation sites is 3. The third-order valence-electron chi connectivity index (χ3n) is 4.47. The summed E-state index contributed by atoms with van der Waals surface area (Å²) in [5, 5.41) is 2.76. The highest BCUT2D eigenvalue weighted by Crippen LogP contribution is 2.26. The fourth-order valence-corrected chi connectivity index (χ4v) is 3.93. The average Bonchev–Trinajstić information content (AvgIpc) is 2.78. The van der Waals surface area contributed by atoms with Crippen molar-refractivity contribution in [1.82, 2.24) is 0 Å². The molecule has 0 saturated carbocycles. The number of hydrogen-bond donors (Lipinski definition) is 2. The molecule has 0 heterocycles. The van der Waals surface area contributed by atoms with E-state index in [9.17, 15) is 13.2 Å². The van der Waals surface area contributed by atoms with Crippen LogP contribution in [-0.4, -0.2) is 27.5 Å². The Morgan fingerprint density at radius 2 is 1.58 bits per heavy atom. The molecule has 0 aliphatic heterocycles. The van der Waals surface area contributed by atoms with Crippen LogP contribution in [-0.2, 0) is 14.8 Å². The summed E-state index contributed by atoms with van der Waals surface area (Å²) in [4.78, 5) is 12.6. The summed E-state index contributed by atoms with van der Waals surface area (Å²) in [6.45, 7) is 1.85. The van der Waals surface area contributed by atoms with Crippen LogP contribution in [0.1, 0.15) is 13.3 Å². The number of rotatable bonds is 9. The number of benzene rings is 3. The molecule has 3 rings (SSSR count). The van der Waals surface area contributed by atoms with Crippen molar-refractivity contribution >= 4 is 27.3 Å². The Morgan fingerprint density at radius 1 is 0.935 bits per heavy atom. The molecule has 7 nitrogen and oxygen atoms in total. The maximum Gasteiger partial charge on any atom is 0.265 e. The second-order valence-electron chi connectivity index (χ2n) is 6.65. The molecule has 31 heavy (non-hydrogen) atoms. The minimum absolute atomic E-state index is 0.0592. The molecule has 0 unspecified atom stereocenters. The van der Waals surface area contributed by atoms with Crippen LogP contribution in [0.4, 0.5) is 11.4 Å². The van der Waals surface area contributed by atoms with E-state index in [1.54, 1.807) is 36.4 Å². The maximum atomic E-state index is 12.7. The molecule has 0 bridgehead atoms. The minimum Gasteiger partial charge on any atom is -0.495 e. The first kappa shape index (κ1) is 22.2. The number of carbonyl (C=O) groups is 1. The van der Waals surface area contributed by atoms with Gasteiger partial charge in [-0.2, -0.15) is 0 Å². The zero-order valence-electron chi connectivity index (χ0n) is 17.2. The first-order valence-electron chi connectivity index (χ1n) is 9.71. The first-order chi connectivity index (χ1) is 14.9. The van der Waals surface area contributed by atoms with Crippen LogP contribution in [0.15, 0.2) is 83.8 Å². The van der Waals surface area contributed by atoms with Gasteiger partial charge in [0.2, 0.25) is 0 Å². The highest BCUT2D eigenvalue weighted by Gasteiger charge is 2.20. The van der Waals surface area contributed by atoms with Gasteiger partial charge in [0.1, 0.15) is 11.5 Å². The van der Waals surface area contributed by atoms with Gasteiger partial charge in [0.15, 0.2) is 6.10 Å². The maximum absolute atomic E-state index is 12.7. The monoisotopic (exact) mass is 440 g/mol. The number of anilines is 2. The molecule has 3 aromatic rings. The molecule has 0 aromatic heterocycles. The van der Waals surface area contributed by atoms with Gasteiger partial charge in [-0.1, -0.05) is 37.3 Å². The summed E-state index contributed by atoms with van der Waals surface area (Å²) in [6.07, 6.45) is -0.186. The molecule has 0 aliphatic carbocycles. The molecule has 1 atom stereocenters. The Balaban J connectivity index is 1.68. The number of carbonyl (C=O) groups excluding carboxylic acids is 1. The van der Waals surface area contributed by atoms with Crippen molar-refractivity contribution in [3.8, 4) is 11.5 Å². The zero-order chi connectivity index (χ0) is 22.3. The van der Waals surface area contributed by atoms with Crippen LogP contribution in [0.25, 0.3) is 0 Å². The van der Waals surface area contributed by atoms with Crippen LogP contribution in [0.5, 0.6) is 11.5 Å². The lowest BCUT2D eigenvalue weighted by atomic mass is 10.2. The third kappa shape index (κ3) is 5.76. The summed E-state index contributed by atoms with van der Waals surface area (Å²) in [5.41, 5.74) is 0.808. The van der Waals surface area contributed by atoms with Crippen molar-refractivity contribution in [2.24, 2.45) is 0 Å². The second kappa shape index (κ2) is 9.99. The van der Waals surface area contributed by atoms with Gasteiger partial charge in [-0.05, 0) is 55.0 Å². The van der Waals surface area contributed by atoms with E-state index in [2.05, 4.69) is 10.0 Å². The largest absolute Gasteiger partial charge is 0.495 e. The van der Waals surface area contributed by atoms with E-state index in [0.717, 1.165) is 0 Å². The number of amides is 1. The van der Waals surface area contributed by atoms with Crippen LogP contribution < -0.4 is 19.5 Å². The average molecular weight is 441 g/mol. The summed E-state index contributed by atoms with van der Waals surface area (Å²) in [6, 6.07) is 21.7. The van der Waals surface area contributed by atoms with E-state index in [0.29, 0.717) is 29.3 Å². The fourth-order valence-electron chi connectivity index (χ4n) is 2.86. The Morgan fingerprint density at radius 3 is 2.23 bits per heavy atom. The summed E-state index contributed by atoms with van der Waals surface area (Å²) in [5.74, 6) is 0.710. The molecule has 0 radical (unpaired) electrons. The molecule has 0 fully saturated rings. The minimum atomic E-state index is -3.82. The molecule has 162 valence electrons. The molecular formula is C23H24N2O5S. The van der Waals surface area contributed by atoms with Gasteiger partial charge in [0.05, 0.1) is 17.7 Å². The summed E-state index contributed by atoms with van der Waals surface area (Å²) in [7, 11) is -2.35. The quantitative estimate of drug-likeness (QED) is 0.518. The first-order valence-corrected chi connectivity index (χ1v) is 11.2. The Hall–Kier alpha value is -3.52. The summed E-state index contributed by atoms with van der Waals surface area (Å²) < 4.78 is 38.8. The van der Waals surface area contributed by atoms with Crippen molar-refractivity contribution in [2.45, 2.75) is 24.3 Å². The van der Waals surface area contributed by atoms with Crippen molar-refractivity contribution in [3.05, 3.63) is 78.9 Å². The lowest BCUT2D eigenvalue weighted by molar-refractivity contribution is -0.122. The number of hydrogen-bond acceptors (Lipinski definition) is 5. The lowest BCUT2D eigenvalue weighted by Crippen LogP contribution is -2.32. The van der Waals surface area contributed by atoms with Crippen LogP contribution in [0.2, 0.25) is 0 Å². The topological polar surface area (TPSA) is 93.7 Å². The number of methoxy groups -OCH3 is 1. The van der Waals surface area contributed by atoms with E-state index in [-0.39, 0.29) is 10.8 Å². The van der Waals surface area contributed by atoms with E-state index < -0.39 is 16.1 Å². The van der Waals surface area contributed by atoms with Gasteiger partial charge in [0, 0.05) is 5.69 Å². The molecule has 1 amide bonds.